The molecule has 41 heavy (non-hydrogen) atoms. The first kappa shape index (κ1) is 34.2. The van der Waals surface area contributed by atoms with E-state index in [0.717, 1.165) is 12.2 Å². The largest absolute Gasteiger partial charge is 0.490 e. The van der Waals surface area contributed by atoms with Crippen molar-refractivity contribution in [2.24, 2.45) is 17.4 Å². The maximum absolute atomic E-state index is 12.8. The van der Waals surface area contributed by atoms with Gasteiger partial charge in [0, 0.05) is 36.7 Å². The Balaban J connectivity index is 0.00000106. The van der Waals surface area contributed by atoms with E-state index < -0.39 is 53.8 Å². The van der Waals surface area contributed by atoms with Crippen molar-refractivity contribution in [3.8, 4) is 0 Å². The minimum Gasteiger partial charge on any atom is -0.475 e. The first-order valence-electron chi connectivity index (χ1n) is 11.8. The third kappa shape index (κ3) is 12.7. The Kier molecular flexibility index (Phi) is 13.1. The van der Waals surface area contributed by atoms with Gasteiger partial charge in [-0.05, 0) is 37.5 Å². The number of carbonyl (C=O) groups excluding carboxylic acids is 6. The molecule has 224 valence electrons. The maximum Gasteiger partial charge on any atom is 0.490 e. The number of hydrogen-bond acceptors (Lipinski definition) is 9. The number of aliphatic carboxylic acids is 1. The Bertz CT molecular complexity index is 1170. The van der Waals surface area contributed by atoms with E-state index in [0.29, 0.717) is 29.2 Å². The molecule has 0 unspecified atom stereocenters. The number of nitrogens with two attached hydrogens (primary N) is 2. The van der Waals surface area contributed by atoms with Crippen LogP contribution in [0.5, 0.6) is 0 Å². The predicted octanol–water partition coefficient (Wildman–Crippen LogP) is 0.555. The molecule has 0 aromatic heterocycles. The Morgan fingerprint density at radius 1 is 1.05 bits per heavy atom. The molecule has 1 aliphatic heterocycles. The second-order valence-corrected chi connectivity index (χ2v) is 8.52. The number of halogens is 3. The van der Waals surface area contributed by atoms with E-state index >= 15 is 0 Å². The van der Waals surface area contributed by atoms with Crippen LogP contribution in [0.3, 0.4) is 0 Å². The number of Topliss-reactive ketones (excluding diaryl/α,β-unsaturated/α-hetero) is 1. The van der Waals surface area contributed by atoms with Crippen molar-refractivity contribution in [1.29, 1.82) is 0 Å². The van der Waals surface area contributed by atoms with Crippen molar-refractivity contribution in [2.45, 2.75) is 44.8 Å². The van der Waals surface area contributed by atoms with Crippen molar-refractivity contribution in [2.75, 3.05) is 11.9 Å². The number of ketones is 1. The molecule has 0 fully saturated rings. The van der Waals surface area contributed by atoms with Crippen LogP contribution < -0.4 is 22.1 Å². The Morgan fingerprint density at radius 3 is 2.05 bits per heavy atom. The summed E-state index contributed by atoms with van der Waals surface area (Å²) in [4.78, 5) is 84.2. The summed E-state index contributed by atoms with van der Waals surface area (Å²) in [6.07, 6.45) is -2.58. The van der Waals surface area contributed by atoms with Crippen LogP contribution in [-0.4, -0.2) is 70.4 Å². The van der Waals surface area contributed by atoms with Crippen molar-refractivity contribution in [1.82, 2.24) is 10.4 Å². The van der Waals surface area contributed by atoms with Crippen molar-refractivity contribution < 1.29 is 56.7 Å². The number of imide groups is 1. The first-order valence-corrected chi connectivity index (χ1v) is 11.8. The summed E-state index contributed by atoms with van der Waals surface area (Å²) in [5.41, 5.74) is 11.6. The highest BCUT2D eigenvalue weighted by molar-refractivity contribution is 6.12. The van der Waals surface area contributed by atoms with Gasteiger partial charge in [0.25, 0.3) is 11.8 Å². The fourth-order valence-electron chi connectivity index (χ4n) is 3.04. The van der Waals surface area contributed by atoms with Gasteiger partial charge in [-0.15, -0.1) is 0 Å². The lowest BCUT2D eigenvalue weighted by atomic mass is 9.93. The van der Waals surface area contributed by atoms with E-state index in [-0.39, 0.29) is 25.2 Å². The minimum atomic E-state index is -5.08. The highest BCUT2D eigenvalue weighted by Gasteiger charge is 2.38. The van der Waals surface area contributed by atoms with Gasteiger partial charge in [0.05, 0.1) is 12.5 Å². The zero-order valence-corrected chi connectivity index (χ0v) is 21.6. The number of nitrogens with one attached hydrogen (secondary N) is 2. The lowest BCUT2D eigenvalue weighted by Crippen LogP contribution is -2.34. The quantitative estimate of drug-likeness (QED) is 0.168. The summed E-state index contributed by atoms with van der Waals surface area (Å²) < 4.78 is 31.7. The van der Waals surface area contributed by atoms with E-state index in [1.807, 2.05) is 0 Å². The zero-order chi connectivity index (χ0) is 31.3. The van der Waals surface area contributed by atoms with Gasteiger partial charge in [0.15, 0.2) is 0 Å². The van der Waals surface area contributed by atoms with E-state index in [2.05, 4.69) is 10.6 Å². The van der Waals surface area contributed by atoms with Gasteiger partial charge in [-0.25, -0.2) is 14.4 Å². The molecule has 7 N–H and O–H groups in total. The number of nitrogens with zero attached hydrogens (tertiary/aromatic N) is 1. The van der Waals surface area contributed by atoms with Gasteiger partial charge >= 0.3 is 24.1 Å². The van der Waals surface area contributed by atoms with Crippen molar-refractivity contribution in [3.05, 3.63) is 42.0 Å². The molecule has 0 saturated heterocycles. The Labute approximate surface area is 230 Å². The fourth-order valence-corrected chi connectivity index (χ4v) is 3.04. The summed E-state index contributed by atoms with van der Waals surface area (Å²) in [5, 5.41) is 12.7. The topological polar surface area (TPSA) is 228 Å². The fraction of sp³-hybridized carbons (Fsp3) is 0.375. The summed E-state index contributed by atoms with van der Waals surface area (Å²) >= 11 is 0. The summed E-state index contributed by atoms with van der Waals surface area (Å²) in [6, 6.07) is 4.89. The molecule has 2 rings (SSSR count). The molecule has 1 aromatic rings. The monoisotopic (exact) mass is 587 g/mol. The molecule has 17 heteroatoms. The first-order chi connectivity index (χ1) is 19.0. The Morgan fingerprint density at radius 2 is 1.59 bits per heavy atom. The molecule has 0 bridgehead atoms. The average Bonchev–Trinajstić information content (AvgIpc) is 3.18. The Hall–Kier alpha value is -4.80. The molecule has 2 atom stereocenters. The molecule has 1 aromatic carbocycles. The third-order valence-electron chi connectivity index (χ3n) is 5.13. The van der Waals surface area contributed by atoms with Crippen LogP contribution in [0.2, 0.25) is 0 Å². The number of carbonyl (C=O) groups is 7. The van der Waals surface area contributed by atoms with Gasteiger partial charge in [-0.1, -0.05) is 17.2 Å². The van der Waals surface area contributed by atoms with E-state index in [9.17, 15) is 41.9 Å². The van der Waals surface area contributed by atoms with Gasteiger partial charge in [-0.3, -0.25) is 19.2 Å². The van der Waals surface area contributed by atoms with Crippen LogP contribution in [0.1, 0.15) is 31.7 Å². The average molecular weight is 588 g/mol. The zero-order valence-electron chi connectivity index (χ0n) is 21.6. The molecule has 0 radical (unpaired) electrons. The maximum atomic E-state index is 12.8. The molecule has 0 aliphatic carbocycles. The van der Waals surface area contributed by atoms with Crippen molar-refractivity contribution in [3.63, 3.8) is 0 Å². The molecular formula is C24H28F3N5O9. The molecule has 0 saturated carbocycles. The second kappa shape index (κ2) is 15.7. The van der Waals surface area contributed by atoms with Gasteiger partial charge in [-0.2, -0.15) is 13.2 Å². The number of amides is 5. The van der Waals surface area contributed by atoms with E-state index in [1.54, 1.807) is 31.2 Å². The van der Waals surface area contributed by atoms with Crippen LogP contribution in [0.25, 0.3) is 0 Å². The number of carboxylic acids is 1. The summed E-state index contributed by atoms with van der Waals surface area (Å²) in [6.45, 7) is 1.81. The number of benzene rings is 1. The highest BCUT2D eigenvalue weighted by atomic mass is 19.4. The normalized spacial score (nSPS) is 13.9. The van der Waals surface area contributed by atoms with Crippen LogP contribution in [0.4, 0.5) is 23.7 Å². The van der Waals surface area contributed by atoms with Gasteiger partial charge in [0.2, 0.25) is 5.91 Å². The molecule has 0 spiro atoms. The smallest absolute Gasteiger partial charge is 0.475 e. The lowest BCUT2D eigenvalue weighted by Gasteiger charge is -2.17. The SMILES string of the molecule is C[C@H](N)C(=O)C[C@@H](CCCNC(N)=O)C(=O)Nc1ccc(CC(=O)ON2C(=O)C=CC2=O)cc1.O=C(O)C(F)(F)F. The predicted molar refractivity (Wildman–Crippen MR) is 133 cm³/mol. The molecule has 14 nitrogen and oxygen atoms in total. The second-order valence-electron chi connectivity index (χ2n) is 8.52. The van der Waals surface area contributed by atoms with Crippen LogP contribution in [-0.2, 0) is 40.0 Å². The van der Waals surface area contributed by atoms with E-state index in [4.69, 9.17) is 26.2 Å². The number of hydroxylamine groups is 2. The van der Waals surface area contributed by atoms with Crippen LogP contribution in [0, 0.1) is 5.92 Å². The molecule has 1 heterocycles. The van der Waals surface area contributed by atoms with Crippen LogP contribution >= 0.6 is 0 Å². The lowest BCUT2D eigenvalue weighted by molar-refractivity contribution is -0.195. The molecular weight excluding hydrogens is 559 g/mol. The van der Waals surface area contributed by atoms with E-state index in [1.165, 1.54) is 0 Å². The van der Waals surface area contributed by atoms with Gasteiger partial charge < -0.3 is 32.0 Å². The number of alkyl halides is 3. The summed E-state index contributed by atoms with van der Waals surface area (Å²) in [5.74, 6) is -6.35. The standard InChI is InChI=1S/C22H27N5O7.C2HF3O2/c1-13(23)17(28)12-15(3-2-10-25-22(24)33)21(32)26-16-6-4-14(5-7-16)11-20(31)34-27-18(29)8-9-19(27)30;3-2(4,5)1(6)7/h4-9,13,15H,2-3,10-12,23H2,1H3,(H,26,32)(H3,24,25,33);(H,6,7)/t13-,15+;/m0./s1. The number of urea groups is 1. The van der Waals surface area contributed by atoms with Crippen LogP contribution in [0.15, 0.2) is 36.4 Å². The summed E-state index contributed by atoms with van der Waals surface area (Å²) in [7, 11) is 0. The third-order valence-corrected chi connectivity index (χ3v) is 5.13. The number of carboxylic acid groups (broad SMARTS) is 1. The van der Waals surface area contributed by atoms with Gasteiger partial charge in [0.1, 0.15) is 5.78 Å². The number of hydrogen-bond donors (Lipinski definition) is 5. The molecule has 5 amide bonds. The number of rotatable bonds is 12. The highest BCUT2D eigenvalue weighted by Crippen LogP contribution is 2.18. The number of anilines is 1. The number of primary amides is 1. The minimum absolute atomic E-state index is 0.0488. The molecule has 1 aliphatic rings. The van der Waals surface area contributed by atoms with Crippen molar-refractivity contribution >= 4 is 47.2 Å².